The number of amides is 1. The lowest BCUT2D eigenvalue weighted by Crippen LogP contribution is -2.35. The molecule has 0 atom stereocenters. The van der Waals surface area contributed by atoms with Crippen LogP contribution in [-0.2, 0) is 4.79 Å². The van der Waals surface area contributed by atoms with Crippen molar-refractivity contribution in [3.8, 4) is 5.75 Å². The number of hydrogen-bond acceptors (Lipinski definition) is 4. The topological polar surface area (TPSA) is 52.6 Å². The Kier molecular flexibility index (Phi) is 4.90. The van der Waals surface area contributed by atoms with Crippen LogP contribution in [0.25, 0.3) is 0 Å². The largest absolute Gasteiger partial charge is 0.508 e. The molecule has 2 N–H and O–H groups in total. The summed E-state index contributed by atoms with van der Waals surface area (Å²) in [6.07, 6.45) is 1.02. The molecule has 0 saturated carbocycles. The van der Waals surface area contributed by atoms with Crippen LogP contribution in [0.2, 0.25) is 0 Å². The van der Waals surface area contributed by atoms with Crippen molar-refractivity contribution in [3.63, 3.8) is 0 Å². The van der Waals surface area contributed by atoms with Crippen LogP contribution in [0.15, 0.2) is 29.2 Å². The van der Waals surface area contributed by atoms with Gasteiger partial charge in [-0.1, -0.05) is 6.07 Å². The molecular formula is C13H18N2O2S. The molecule has 5 heteroatoms. The van der Waals surface area contributed by atoms with Gasteiger partial charge in [0.2, 0.25) is 5.91 Å². The monoisotopic (exact) mass is 266 g/mol. The number of benzene rings is 1. The molecule has 1 fully saturated rings. The first-order chi connectivity index (χ1) is 8.75. The maximum Gasteiger partial charge on any atom is 0.232 e. The number of aromatic hydroxyl groups is 1. The number of rotatable bonds is 3. The fraction of sp³-hybridized carbons (Fsp3) is 0.462. The standard InChI is InChI=1S/C13H18N2O2S/c16-11-3-1-4-12(9-11)18-10-13(17)15-7-2-5-14-6-8-15/h1,3-4,9,14,16H,2,5-8,10H2. The molecule has 1 aliphatic heterocycles. The summed E-state index contributed by atoms with van der Waals surface area (Å²) in [6.45, 7) is 3.50. The predicted octanol–water partition coefficient (Wildman–Crippen LogP) is 1.31. The Balaban J connectivity index is 1.83. The van der Waals surface area contributed by atoms with Crippen LogP contribution in [0.1, 0.15) is 6.42 Å². The van der Waals surface area contributed by atoms with Gasteiger partial charge in [-0.25, -0.2) is 0 Å². The summed E-state index contributed by atoms with van der Waals surface area (Å²) in [7, 11) is 0. The van der Waals surface area contributed by atoms with E-state index in [0.29, 0.717) is 5.75 Å². The molecule has 0 bridgehead atoms. The van der Waals surface area contributed by atoms with Gasteiger partial charge in [0.05, 0.1) is 5.75 Å². The van der Waals surface area contributed by atoms with Crippen LogP contribution < -0.4 is 5.32 Å². The molecule has 0 aliphatic carbocycles. The van der Waals surface area contributed by atoms with E-state index in [-0.39, 0.29) is 11.7 Å². The van der Waals surface area contributed by atoms with Crippen LogP contribution in [-0.4, -0.2) is 47.8 Å². The molecule has 18 heavy (non-hydrogen) atoms. The Morgan fingerprint density at radius 2 is 2.28 bits per heavy atom. The average molecular weight is 266 g/mol. The molecule has 0 unspecified atom stereocenters. The molecule has 1 aromatic rings. The van der Waals surface area contributed by atoms with Crippen LogP contribution >= 0.6 is 11.8 Å². The van der Waals surface area contributed by atoms with Crippen molar-refractivity contribution in [3.05, 3.63) is 24.3 Å². The zero-order valence-corrected chi connectivity index (χ0v) is 11.1. The van der Waals surface area contributed by atoms with Gasteiger partial charge < -0.3 is 15.3 Å². The molecule has 4 nitrogen and oxygen atoms in total. The summed E-state index contributed by atoms with van der Waals surface area (Å²) in [6, 6.07) is 7.01. The van der Waals surface area contributed by atoms with Crippen LogP contribution in [0.3, 0.4) is 0 Å². The minimum absolute atomic E-state index is 0.173. The van der Waals surface area contributed by atoms with Crippen molar-refractivity contribution in [2.45, 2.75) is 11.3 Å². The van der Waals surface area contributed by atoms with E-state index in [2.05, 4.69) is 5.32 Å². The zero-order valence-electron chi connectivity index (χ0n) is 10.3. The predicted molar refractivity (Wildman–Crippen MR) is 72.9 cm³/mol. The van der Waals surface area contributed by atoms with Gasteiger partial charge in [0.15, 0.2) is 0 Å². The number of thioether (sulfide) groups is 1. The molecule has 1 amide bonds. The van der Waals surface area contributed by atoms with Crippen molar-refractivity contribution in [1.82, 2.24) is 10.2 Å². The van der Waals surface area contributed by atoms with E-state index in [0.717, 1.165) is 37.5 Å². The lowest BCUT2D eigenvalue weighted by atomic mass is 10.3. The third kappa shape index (κ3) is 3.92. The Morgan fingerprint density at radius 1 is 1.39 bits per heavy atom. The molecule has 0 radical (unpaired) electrons. The van der Waals surface area contributed by atoms with Gasteiger partial charge in [0.1, 0.15) is 5.75 Å². The smallest absolute Gasteiger partial charge is 0.232 e. The SMILES string of the molecule is O=C(CSc1cccc(O)c1)N1CCCNCC1. The maximum atomic E-state index is 12.0. The van der Waals surface area contributed by atoms with Gasteiger partial charge in [-0.2, -0.15) is 0 Å². The van der Waals surface area contributed by atoms with Crippen LogP contribution in [0.4, 0.5) is 0 Å². The molecule has 1 aliphatic rings. The fourth-order valence-corrected chi connectivity index (χ4v) is 2.76. The van der Waals surface area contributed by atoms with Crippen molar-refractivity contribution in [1.29, 1.82) is 0 Å². The Bertz CT molecular complexity index is 404. The van der Waals surface area contributed by atoms with E-state index < -0.39 is 0 Å². The summed E-state index contributed by atoms with van der Waals surface area (Å²) in [5, 5.41) is 12.6. The summed E-state index contributed by atoms with van der Waals surface area (Å²) in [5.41, 5.74) is 0. The highest BCUT2D eigenvalue weighted by atomic mass is 32.2. The maximum absolute atomic E-state index is 12.0. The molecule has 2 rings (SSSR count). The lowest BCUT2D eigenvalue weighted by molar-refractivity contribution is -0.128. The number of carbonyl (C=O) groups is 1. The summed E-state index contributed by atoms with van der Waals surface area (Å²) in [4.78, 5) is 14.9. The number of nitrogens with one attached hydrogen (secondary N) is 1. The molecule has 98 valence electrons. The van der Waals surface area contributed by atoms with Gasteiger partial charge >= 0.3 is 0 Å². The molecular weight excluding hydrogens is 248 g/mol. The first-order valence-electron chi connectivity index (χ1n) is 6.16. The van der Waals surface area contributed by atoms with Gasteiger partial charge in [-0.3, -0.25) is 4.79 Å². The Morgan fingerprint density at radius 3 is 3.11 bits per heavy atom. The lowest BCUT2D eigenvalue weighted by Gasteiger charge is -2.19. The van der Waals surface area contributed by atoms with Crippen molar-refractivity contribution in [2.75, 3.05) is 31.9 Å². The molecule has 0 spiro atoms. The first kappa shape index (κ1) is 13.2. The quantitative estimate of drug-likeness (QED) is 0.810. The van der Waals surface area contributed by atoms with Crippen molar-refractivity contribution >= 4 is 17.7 Å². The average Bonchev–Trinajstić information content (AvgIpc) is 2.65. The fourth-order valence-electron chi connectivity index (χ4n) is 1.90. The second-order valence-electron chi connectivity index (χ2n) is 4.27. The third-order valence-electron chi connectivity index (χ3n) is 2.87. The van der Waals surface area contributed by atoms with Gasteiger partial charge in [-0.15, -0.1) is 11.8 Å². The molecule has 1 aromatic carbocycles. The second-order valence-corrected chi connectivity index (χ2v) is 5.32. The zero-order chi connectivity index (χ0) is 12.8. The Hall–Kier alpha value is -1.20. The number of phenolic OH excluding ortho intramolecular Hbond substituents is 1. The normalized spacial score (nSPS) is 16.3. The number of hydrogen-bond donors (Lipinski definition) is 2. The number of nitrogens with zero attached hydrogens (tertiary/aromatic N) is 1. The van der Waals surface area contributed by atoms with Crippen molar-refractivity contribution in [2.24, 2.45) is 0 Å². The summed E-state index contributed by atoms with van der Waals surface area (Å²) in [5.74, 6) is 0.849. The highest BCUT2D eigenvalue weighted by Crippen LogP contribution is 2.22. The van der Waals surface area contributed by atoms with Gasteiger partial charge in [0.25, 0.3) is 0 Å². The van der Waals surface area contributed by atoms with Gasteiger partial charge in [-0.05, 0) is 31.2 Å². The minimum atomic E-state index is 0.173. The van der Waals surface area contributed by atoms with E-state index in [1.165, 1.54) is 11.8 Å². The van der Waals surface area contributed by atoms with Crippen molar-refractivity contribution < 1.29 is 9.90 Å². The summed E-state index contributed by atoms with van der Waals surface area (Å²) < 4.78 is 0. The Labute approximate surface area is 111 Å². The van der Waals surface area contributed by atoms with Crippen LogP contribution in [0.5, 0.6) is 5.75 Å². The van der Waals surface area contributed by atoms with E-state index in [4.69, 9.17) is 0 Å². The number of carbonyl (C=O) groups excluding carboxylic acids is 1. The summed E-state index contributed by atoms with van der Waals surface area (Å²) >= 11 is 1.47. The third-order valence-corrected chi connectivity index (χ3v) is 3.85. The first-order valence-corrected chi connectivity index (χ1v) is 7.14. The van der Waals surface area contributed by atoms with E-state index in [1.54, 1.807) is 18.2 Å². The molecule has 1 heterocycles. The van der Waals surface area contributed by atoms with E-state index in [1.807, 2.05) is 11.0 Å². The molecule has 0 aromatic heterocycles. The number of phenols is 1. The highest BCUT2D eigenvalue weighted by Gasteiger charge is 2.15. The minimum Gasteiger partial charge on any atom is -0.508 e. The van der Waals surface area contributed by atoms with Crippen LogP contribution in [0, 0.1) is 0 Å². The molecule has 1 saturated heterocycles. The van der Waals surface area contributed by atoms with E-state index >= 15 is 0 Å². The second kappa shape index (κ2) is 6.66. The highest BCUT2D eigenvalue weighted by molar-refractivity contribution is 8.00. The van der Waals surface area contributed by atoms with E-state index in [9.17, 15) is 9.90 Å². The van der Waals surface area contributed by atoms with Gasteiger partial charge in [0, 0.05) is 24.5 Å².